The van der Waals surface area contributed by atoms with Gasteiger partial charge < -0.3 is 0 Å². The Morgan fingerprint density at radius 1 is 0.532 bits per heavy atom. The summed E-state index contributed by atoms with van der Waals surface area (Å²) in [5, 5.41) is 4.53. The third-order valence-corrected chi connectivity index (χ3v) is 13.5. The standard InChI is InChI=1S/C40H53Br2NO2S2/c1-3-5-7-9-11-13-14-16-18-20-22-28(21-19-17-15-12-10-8-6-4-2)27-43-39(44)33-23-29-30(24-34(33)40(43)45)38-32(26-36(42)47-38)31-25-35(41)46-37(29)31/h23-26,28H,3-22,27H2,1-2H3. The molecule has 2 aromatic heterocycles. The summed E-state index contributed by atoms with van der Waals surface area (Å²) in [5.41, 5.74) is 1.15. The molecule has 0 saturated heterocycles. The van der Waals surface area contributed by atoms with Gasteiger partial charge in [0.15, 0.2) is 0 Å². The van der Waals surface area contributed by atoms with Crippen LogP contribution in [0.15, 0.2) is 31.8 Å². The Labute approximate surface area is 307 Å². The van der Waals surface area contributed by atoms with Crippen LogP contribution >= 0.6 is 54.5 Å². The van der Waals surface area contributed by atoms with Crippen molar-refractivity contribution in [2.24, 2.45) is 5.92 Å². The van der Waals surface area contributed by atoms with Crippen molar-refractivity contribution in [1.29, 1.82) is 0 Å². The molecule has 1 aliphatic heterocycles. The number of carbonyl (C=O) groups is 2. The van der Waals surface area contributed by atoms with Gasteiger partial charge in [0.2, 0.25) is 0 Å². The highest BCUT2D eigenvalue weighted by Crippen LogP contribution is 2.46. The molecular weight excluding hydrogens is 750 g/mol. The van der Waals surface area contributed by atoms with E-state index in [0.29, 0.717) is 23.6 Å². The van der Waals surface area contributed by atoms with Gasteiger partial charge in [0.25, 0.3) is 11.8 Å². The minimum atomic E-state index is -0.105. The quantitative estimate of drug-likeness (QED) is 0.0586. The summed E-state index contributed by atoms with van der Waals surface area (Å²) in [5.74, 6) is 0.167. The van der Waals surface area contributed by atoms with E-state index < -0.39 is 0 Å². The second-order valence-electron chi connectivity index (χ2n) is 13.9. The van der Waals surface area contributed by atoms with Crippen LogP contribution in [0.4, 0.5) is 0 Å². The van der Waals surface area contributed by atoms with Gasteiger partial charge in [0.1, 0.15) is 0 Å². The SMILES string of the molecule is CCCCCCCCCCCCC(CCCCCCCCCC)CN1C(=O)c2cc3c(cc2C1=O)c1sc(Br)cc1c1cc(Br)sc13. The number of unbranched alkanes of at least 4 members (excludes halogenated alkanes) is 16. The normalized spacial score (nSPS) is 14.0. The van der Waals surface area contributed by atoms with E-state index in [2.05, 4.69) is 57.8 Å². The van der Waals surface area contributed by atoms with Gasteiger partial charge in [-0.1, -0.05) is 129 Å². The fourth-order valence-corrected chi connectivity index (χ4v) is 10.8. The summed E-state index contributed by atoms with van der Waals surface area (Å²) in [6, 6.07) is 8.38. The van der Waals surface area contributed by atoms with Crippen molar-refractivity contribution in [2.75, 3.05) is 6.54 Å². The summed E-state index contributed by atoms with van der Waals surface area (Å²) in [7, 11) is 0. The van der Waals surface area contributed by atoms with Crippen LogP contribution in [0.5, 0.6) is 0 Å². The van der Waals surface area contributed by atoms with E-state index in [0.717, 1.165) is 31.2 Å². The average molecular weight is 804 g/mol. The van der Waals surface area contributed by atoms with E-state index >= 15 is 0 Å². The number of fused-ring (bicyclic) bond motifs is 7. The summed E-state index contributed by atoms with van der Waals surface area (Å²) in [6.45, 7) is 5.10. The minimum absolute atomic E-state index is 0.105. The monoisotopic (exact) mass is 801 g/mol. The maximum atomic E-state index is 13.9. The van der Waals surface area contributed by atoms with E-state index in [1.807, 2.05) is 12.1 Å². The molecule has 5 rings (SSSR count). The lowest BCUT2D eigenvalue weighted by Gasteiger charge is -2.23. The molecule has 7 heteroatoms. The number of hydrogen-bond acceptors (Lipinski definition) is 4. The van der Waals surface area contributed by atoms with Crippen molar-refractivity contribution in [3.8, 4) is 0 Å². The minimum Gasteiger partial charge on any atom is -0.274 e. The largest absolute Gasteiger partial charge is 0.274 e. The second kappa shape index (κ2) is 18.6. The Kier molecular flexibility index (Phi) is 14.7. The lowest BCUT2D eigenvalue weighted by molar-refractivity contribution is 0.0621. The Morgan fingerprint density at radius 3 is 1.26 bits per heavy atom. The number of imide groups is 1. The van der Waals surface area contributed by atoms with Gasteiger partial charge in [-0.3, -0.25) is 14.5 Å². The van der Waals surface area contributed by atoms with Crippen molar-refractivity contribution >= 4 is 97.3 Å². The van der Waals surface area contributed by atoms with Gasteiger partial charge >= 0.3 is 0 Å². The molecule has 256 valence electrons. The zero-order chi connectivity index (χ0) is 33.2. The van der Waals surface area contributed by atoms with Crippen LogP contribution in [0, 0.1) is 5.92 Å². The van der Waals surface area contributed by atoms with Gasteiger partial charge in [-0.05, 0) is 74.9 Å². The molecule has 4 aromatic rings. The number of amides is 2. The van der Waals surface area contributed by atoms with E-state index in [1.54, 1.807) is 27.6 Å². The highest BCUT2D eigenvalue weighted by molar-refractivity contribution is 9.11. The van der Waals surface area contributed by atoms with Crippen molar-refractivity contribution in [3.63, 3.8) is 0 Å². The summed E-state index contributed by atoms with van der Waals surface area (Å²) >= 11 is 10.8. The molecule has 1 unspecified atom stereocenters. The van der Waals surface area contributed by atoms with E-state index in [4.69, 9.17) is 0 Å². The number of halogens is 2. The number of carbonyl (C=O) groups excluding carboxylic acids is 2. The predicted molar refractivity (Wildman–Crippen MR) is 213 cm³/mol. The average Bonchev–Trinajstić information content (AvgIpc) is 3.72. The fourth-order valence-electron chi connectivity index (χ4n) is 7.47. The highest BCUT2D eigenvalue weighted by Gasteiger charge is 2.37. The van der Waals surface area contributed by atoms with Crippen molar-refractivity contribution in [3.05, 3.63) is 43.0 Å². The van der Waals surface area contributed by atoms with Gasteiger partial charge in [-0.25, -0.2) is 0 Å². The first-order chi connectivity index (χ1) is 22.9. The zero-order valence-electron chi connectivity index (χ0n) is 28.6. The molecule has 0 radical (unpaired) electrons. The van der Waals surface area contributed by atoms with E-state index in [-0.39, 0.29) is 11.8 Å². The molecular formula is C40H53Br2NO2S2. The van der Waals surface area contributed by atoms with Crippen LogP contribution in [0.3, 0.4) is 0 Å². The molecule has 0 saturated carbocycles. The lowest BCUT2D eigenvalue weighted by atomic mass is 9.93. The van der Waals surface area contributed by atoms with Gasteiger partial charge in [-0.15, -0.1) is 22.7 Å². The lowest BCUT2D eigenvalue weighted by Crippen LogP contribution is -2.34. The first-order valence-electron chi connectivity index (χ1n) is 18.6. The summed E-state index contributed by atoms with van der Waals surface area (Å²) < 4.78 is 4.48. The fraction of sp³-hybridized carbons (Fsp3) is 0.600. The number of rotatable bonds is 22. The van der Waals surface area contributed by atoms with Gasteiger partial charge in [0, 0.05) is 37.5 Å². The molecule has 3 nitrogen and oxygen atoms in total. The zero-order valence-corrected chi connectivity index (χ0v) is 33.4. The molecule has 1 aliphatic rings. The molecule has 2 amide bonds. The van der Waals surface area contributed by atoms with Crippen molar-refractivity contribution in [1.82, 2.24) is 4.90 Å². The van der Waals surface area contributed by atoms with E-state index in [9.17, 15) is 9.59 Å². The molecule has 1 atom stereocenters. The molecule has 0 fully saturated rings. The first-order valence-corrected chi connectivity index (χ1v) is 21.8. The molecule has 47 heavy (non-hydrogen) atoms. The van der Waals surface area contributed by atoms with Crippen molar-refractivity contribution in [2.45, 2.75) is 142 Å². The molecule has 0 aliphatic carbocycles. The molecule has 0 spiro atoms. The Bertz CT molecular complexity index is 1550. The van der Waals surface area contributed by atoms with Crippen LogP contribution in [-0.2, 0) is 0 Å². The van der Waals surface area contributed by atoms with Crippen LogP contribution < -0.4 is 0 Å². The Hall–Kier alpha value is -1.28. The third-order valence-electron chi connectivity index (χ3n) is 10.2. The van der Waals surface area contributed by atoms with Crippen LogP contribution in [-0.4, -0.2) is 23.3 Å². The Balaban J connectivity index is 1.25. The van der Waals surface area contributed by atoms with E-state index in [1.165, 1.54) is 136 Å². The topological polar surface area (TPSA) is 37.4 Å². The number of benzene rings is 2. The molecule has 3 heterocycles. The molecule has 0 bridgehead atoms. The first kappa shape index (κ1) is 37.0. The summed E-state index contributed by atoms with van der Waals surface area (Å²) in [4.78, 5) is 29.5. The molecule has 0 N–H and O–H groups in total. The second-order valence-corrected chi connectivity index (χ2v) is 18.7. The third kappa shape index (κ3) is 9.49. The maximum Gasteiger partial charge on any atom is 0.261 e. The molecule has 2 aromatic carbocycles. The van der Waals surface area contributed by atoms with Crippen LogP contribution in [0.25, 0.3) is 30.9 Å². The highest BCUT2D eigenvalue weighted by atomic mass is 79.9. The van der Waals surface area contributed by atoms with Crippen LogP contribution in [0.1, 0.15) is 163 Å². The summed E-state index contributed by atoms with van der Waals surface area (Å²) in [6.07, 6.45) is 25.9. The van der Waals surface area contributed by atoms with Gasteiger partial charge in [-0.2, -0.15) is 0 Å². The Morgan fingerprint density at radius 2 is 0.872 bits per heavy atom. The predicted octanol–water partition coefficient (Wildman–Crippen LogP) is 14.8. The smallest absolute Gasteiger partial charge is 0.261 e. The van der Waals surface area contributed by atoms with Crippen LogP contribution in [0.2, 0.25) is 0 Å². The van der Waals surface area contributed by atoms with Gasteiger partial charge in [0.05, 0.1) is 18.7 Å². The number of nitrogens with zero attached hydrogens (tertiary/aromatic N) is 1. The number of hydrogen-bond donors (Lipinski definition) is 0. The van der Waals surface area contributed by atoms with Crippen molar-refractivity contribution < 1.29 is 9.59 Å². The number of thiophene rings is 2. The maximum absolute atomic E-state index is 13.9.